The van der Waals surface area contributed by atoms with E-state index in [1.165, 1.54) is 4.31 Å². The normalized spacial score (nSPS) is 11.5. The topological polar surface area (TPSA) is 89.4 Å². The lowest BCUT2D eigenvalue weighted by Crippen LogP contribution is -2.31. The monoisotopic (exact) mass is 295 g/mol. The zero-order chi connectivity index (χ0) is 14.8. The number of hydrogen-bond acceptors (Lipinski definition) is 5. The Morgan fingerprint density at radius 2 is 1.95 bits per heavy atom. The van der Waals surface area contributed by atoms with Gasteiger partial charge in [0.2, 0.25) is 10.0 Å². The number of anilines is 2. The Morgan fingerprint density at radius 1 is 1.30 bits per heavy atom. The quantitative estimate of drug-likeness (QED) is 0.851. The molecule has 1 aromatic heterocycles. The highest BCUT2D eigenvalue weighted by Gasteiger charge is 2.23. The van der Waals surface area contributed by atoms with Gasteiger partial charge in [0, 0.05) is 18.3 Å². The van der Waals surface area contributed by atoms with Gasteiger partial charge in [-0.15, -0.1) is 0 Å². The molecule has 1 aromatic carbocycles. The van der Waals surface area contributed by atoms with Gasteiger partial charge >= 0.3 is 0 Å². The number of nitrogen functional groups attached to an aromatic ring is 1. The van der Waals surface area contributed by atoms with Crippen LogP contribution in [0.25, 0.3) is 0 Å². The number of nitrogens with zero attached hydrogens (tertiary/aromatic N) is 2. The average Bonchev–Trinajstić information content (AvgIpc) is 2.77. The summed E-state index contributed by atoms with van der Waals surface area (Å²) in [7, 11) is -3.51. The molecule has 2 N–H and O–H groups in total. The minimum absolute atomic E-state index is 0.192. The molecule has 0 fully saturated rings. The molecule has 7 heteroatoms. The zero-order valence-corrected chi connectivity index (χ0v) is 12.2. The van der Waals surface area contributed by atoms with Gasteiger partial charge in [-0.1, -0.05) is 5.16 Å². The van der Waals surface area contributed by atoms with Gasteiger partial charge in [0.15, 0.2) is 0 Å². The van der Waals surface area contributed by atoms with E-state index in [1.807, 2.05) is 0 Å². The molecule has 0 spiro atoms. The maximum absolute atomic E-state index is 12.4. The van der Waals surface area contributed by atoms with E-state index in [0.717, 1.165) is 0 Å². The molecule has 0 saturated heterocycles. The second-order valence-electron chi connectivity index (χ2n) is 4.44. The van der Waals surface area contributed by atoms with Gasteiger partial charge in [-0.25, -0.2) is 8.42 Å². The Balaban J connectivity index is 2.27. The molecular weight excluding hydrogens is 278 g/mol. The third-order valence-electron chi connectivity index (χ3n) is 2.81. The van der Waals surface area contributed by atoms with Crippen LogP contribution in [-0.2, 0) is 15.8 Å². The van der Waals surface area contributed by atoms with Gasteiger partial charge in [0.1, 0.15) is 17.2 Å². The predicted molar refractivity (Wildman–Crippen MR) is 77.7 cm³/mol. The fourth-order valence-corrected chi connectivity index (χ4v) is 3.43. The van der Waals surface area contributed by atoms with Crippen LogP contribution in [0.3, 0.4) is 0 Å². The summed E-state index contributed by atoms with van der Waals surface area (Å²) in [5.41, 5.74) is 7.19. The van der Waals surface area contributed by atoms with E-state index >= 15 is 0 Å². The second-order valence-corrected chi connectivity index (χ2v) is 6.33. The lowest BCUT2D eigenvalue weighted by molar-refractivity contribution is 0.392. The summed E-state index contributed by atoms with van der Waals surface area (Å²) in [5.74, 6) is 0.397. The molecule has 0 saturated carbocycles. The molecule has 0 aliphatic carbocycles. The van der Waals surface area contributed by atoms with Crippen LogP contribution in [0.15, 0.2) is 34.9 Å². The van der Waals surface area contributed by atoms with Gasteiger partial charge in [0.25, 0.3) is 0 Å². The molecule has 0 atom stereocenters. The predicted octanol–water partition coefficient (Wildman–Crippen LogP) is 1.92. The molecular formula is C13H17N3O3S. The Kier molecular flexibility index (Phi) is 3.99. The van der Waals surface area contributed by atoms with Crippen molar-refractivity contribution in [3.05, 3.63) is 41.8 Å². The molecule has 0 amide bonds. The van der Waals surface area contributed by atoms with Gasteiger partial charge < -0.3 is 10.3 Å². The SMILES string of the molecule is CCN(c1ccc(N)cc1)S(=O)(=O)Cc1cc(C)on1. The standard InChI is InChI=1S/C13H17N3O3S/c1-3-16(13-6-4-11(14)5-7-13)20(17,18)9-12-8-10(2)19-15-12/h4-8H,3,9,14H2,1-2H3. The van der Waals surface area contributed by atoms with Crippen molar-refractivity contribution >= 4 is 21.4 Å². The van der Waals surface area contributed by atoms with Crippen LogP contribution in [-0.4, -0.2) is 20.1 Å². The smallest absolute Gasteiger partial charge is 0.241 e. The van der Waals surface area contributed by atoms with Gasteiger partial charge in [-0.05, 0) is 38.1 Å². The summed E-state index contributed by atoms with van der Waals surface area (Å²) in [6, 6.07) is 8.34. The first-order valence-corrected chi connectivity index (χ1v) is 7.81. The first kappa shape index (κ1) is 14.4. The number of hydrogen-bond donors (Lipinski definition) is 1. The number of sulfonamides is 1. The summed E-state index contributed by atoms with van der Waals surface area (Å²) >= 11 is 0. The molecule has 0 aliphatic rings. The highest BCUT2D eigenvalue weighted by Crippen LogP contribution is 2.21. The van der Waals surface area contributed by atoms with E-state index < -0.39 is 10.0 Å². The summed E-state index contributed by atoms with van der Waals surface area (Å²) in [6.07, 6.45) is 0. The fraction of sp³-hybridized carbons (Fsp3) is 0.308. The number of aromatic nitrogens is 1. The minimum Gasteiger partial charge on any atom is -0.399 e. The molecule has 0 bridgehead atoms. The zero-order valence-electron chi connectivity index (χ0n) is 11.4. The lowest BCUT2D eigenvalue weighted by Gasteiger charge is -2.22. The number of benzene rings is 1. The van der Waals surface area contributed by atoms with E-state index in [9.17, 15) is 8.42 Å². The molecule has 2 rings (SSSR count). The molecule has 20 heavy (non-hydrogen) atoms. The summed E-state index contributed by atoms with van der Waals surface area (Å²) < 4.78 is 31.1. The molecule has 108 valence electrons. The summed E-state index contributed by atoms with van der Waals surface area (Å²) in [4.78, 5) is 0. The van der Waals surface area contributed by atoms with Crippen molar-refractivity contribution in [1.29, 1.82) is 0 Å². The van der Waals surface area contributed by atoms with E-state index in [4.69, 9.17) is 10.3 Å². The number of aryl methyl sites for hydroxylation is 1. The lowest BCUT2D eigenvalue weighted by atomic mass is 10.3. The van der Waals surface area contributed by atoms with Crippen molar-refractivity contribution in [3.63, 3.8) is 0 Å². The number of rotatable bonds is 5. The maximum atomic E-state index is 12.4. The van der Waals surface area contributed by atoms with Crippen LogP contribution >= 0.6 is 0 Å². The Morgan fingerprint density at radius 3 is 2.45 bits per heavy atom. The Labute approximate surface area is 118 Å². The van der Waals surface area contributed by atoms with Crippen molar-refractivity contribution in [1.82, 2.24) is 5.16 Å². The molecule has 0 radical (unpaired) electrons. The highest BCUT2D eigenvalue weighted by molar-refractivity contribution is 7.92. The number of nitrogens with two attached hydrogens (primary N) is 1. The van der Waals surface area contributed by atoms with Crippen LogP contribution in [0, 0.1) is 6.92 Å². The Hall–Kier alpha value is -2.02. The van der Waals surface area contributed by atoms with Crippen LogP contribution in [0.1, 0.15) is 18.4 Å². The summed E-state index contributed by atoms with van der Waals surface area (Å²) in [6.45, 7) is 3.84. The Bertz CT molecular complexity index is 677. The van der Waals surface area contributed by atoms with Crippen molar-refractivity contribution in [2.24, 2.45) is 0 Å². The van der Waals surface area contributed by atoms with Crippen molar-refractivity contribution in [2.45, 2.75) is 19.6 Å². The molecule has 0 aliphatic heterocycles. The third kappa shape index (κ3) is 3.11. The van der Waals surface area contributed by atoms with E-state index in [-0.39, 0.29) is 5.75 Å². The van der Waals surface area contributed by atoms with Crippen molar-refractivity contribution in [3.8, 4) is 0 Å². The fourth-order valence-electron chi connectivity index (χ4n) is 1.93. The van der Waals surface area contributed by atoms with Crippen LogP contribution in [0.2, 0.25) is 0 Å². The molecule has 1 heterocycles. The maximum Gasteiger partial charge on any atom is 0.241 e. The van der Waals surface area contributed by atoms with E-state index in [0.29, 0.717) is 29.4 Å². The van der Waals surface area contributed by atoms with Crippen LogP contribution in [0.5, 0.6) is 0 Å². The largest absolute Gasteiger partial charge is 0.399 e. The third-order valence-corrected chi connectivity index (χ3v) is 4.61. The second kappa shape index (κ2) is 5.54. The molecule has 0 unspecified atom stereocenters. The van der Waals surface area contributed by atoms with Crippen molar-refractivity contribution < 1.29 is 12.9 Å². The van der Waals surface area contributed by atoms with Crippen LogP contribution in [0.4, 0.5) is 11.4 Å². The highest BCUT2D eigenvalue weighted by atomic mass is 32.2. The van der Waals surface area contributed by atoms with E-state index in [1.54, 1.807) is 44.2 Å². The molecule has 2 aromatic rings. The van der Waals surface area contributed by atoms with Crippen LogP contribution < -0.4 is 10.0 Å². The summed E-state index contributed by atoms with van der Waals surface area (Å²) in [5, 5.41) is 3.72. The average molecular weight is 295 g/mol. The van der Waals surface area contributed by atoms with Crippen molar-refractivity contribution in [2.75, 3.05) is 16.6 Å². The first-order valence-electron chi connectivity index (χ1n) is 6.20. The van der Waals surface area contributed by atoms with Gasteiger partial charge in [-0.2, -0.15) is 0 Å². The van der Waals surface area contributed by atoms with E-state index in [2.05, 4.69) is 5.16 Å². The molecule has 6 nitrogen and oxygen atoms in total. The minimum atomic E-state index is -3.51. The first-order chi connectivity index (χ1) is 9.42. The van der Waals surface area contributed by atoms with Gasteiger partial charge in [0.05, 0.1) is 5.69 Å². The van der Waals surface area contributed by atoms with Gasteiger partial charge in [-0.3, -0.25) is 4.31 Å².